The first kappa shape index (κ1) is 16.0. The van der Waals surface area contributed by atoms with Crippen molar-refractivity contribution in [3.63, 3.8) is 0 Å². The molecule has 0 heterocycles. The highest BCUT2D eigenvalue weighted by molar-refractivity contribution is 5.76. The Labute approximate surface area is 128 Å². The Morgan fingerprint density at radius 2 is 1.86 bits per heavy atom. The number of hydrogen-bond acceptors (Lipinski definition) is 2. The van der Waals surface area contributed by atoms with E-state index >= 15 is 0 Å². The van der Waals surface area contributed by atoms with Gasteiger partial charge in [-0.1, -0.05) is 12.1 Å². The normalized spacial score (nSPS) is 15.8. The maximum atomic E-state index is 11.6. The average molecular weight is 288 g/mol. The van der Waals surface area contributed by atoms with Crippen LogP contribution in [-0.4, -0.2) is 18.5 Å². The van der Waals surface area contributed by atoms with Gasteiger partial charge in [0.25, 0.3) is 0 Å². The third-order valence-electron chi connectivity index (χ3n) is 4.32. The van der Waals surface area contributed by atoms with E-state index in [1.54, 1.807) is 0 Å². The van der Waals surface area contributed by atoms with Crippen LogP contribution in [0.15, 0.2) is 12.1 Å². The van der Waals surface area contributed by atoms with Gasteiger partial charge in [-0.2, -0.15) is 0 Å². The van der Waals surface area contributed by atoms with Gasteiger partial charge in [-0.25, -0.2) is 0 Å². The molecular formula is C18H28N2O. The summed E-state index contributed by atoms with van der Waals surface area (Å²) in [6.07, 6.45) is 3.84. The van der Waals surface area contributed by atoms with Gasteiger partial charge in [0, 0.05) is 18.5 Å². The molecule has 2 N–H and O–H groups in total. The maximum absolute atomic E-state index is 11.6. The van der Waals surface area contributed by atoms with E-state index < -0.39 is 0 Å². The van der Waals surface area contributed by atoms with E-state index in [1.165, 1.54) is 22.3 Å². The van der Waals surface area contributed by atoms with Gasteiger partial charge in [0.2, 0.25) is 5.91 Å². The zero-order valence-corrected chi connectivity index (χ0v) is 13.8. The molecule has 2 rings (SSSR count). The predicted octanol–water partition coefficient (Wildman–Crippen LogP) is 3.32. The average Bonchev–Trinajstić information content (AvgIpc) is 3.22. The van der Waals surface area contributed by atoms with Gasteiger partial charge in [0.1, 0.15) is 0 Å². The van der Waals surface area contributed by atoms with E-state index in [0.29, 0.717) is 18.5 Å². The molecule has 0 saturated heterocycles. The summed E-state index contributed by atoms with van der Waals surface area (Å²) in [6.45, 7) is 9.56. The van der Waals surface area contributed by atoms with Crippen molar-refractivity contribution in [2.45, 2.75) is 65.5 Å². The summed E-state index contributed by atoms with van der Waals surface area (Å²) in [7, 11) is 0. The van der Waals surface area contributed by atoms with Crippen LogP contribution in [0.3, 0.4) is 0 Å². The van der Waals surface area contributed by atoms with Crippen molar-refractivity contribution in [1.82, 2.24) is 10.6 Å². The van der Waals surface area contributed by atoms with Gasteiger partial charge in [-0.3, -0.25) is 4.79 Å². The minimum Gasteiger partial charge on any atom is -0.353 e. The molecule has 1 aliphatic carbocycles. The van der Waals surface area contributed by atoms with Gasteiger partial charge < -0.3 is 10.6 Å². The van der Waals surface area contributed by atoms with E-state index in [-0.39, 0.29) is 5.91 Å². The second-order valence-electron chi connectivity index (χ2n) is 6.41. The van der Waals surface area contributed by atoms with Crippen molar-refractivity contribution >= 4 is 5.91 Å². The van der Waals surface area contributed by atoms with Crippen LogP contribution in [0.4, 0.5) is 0 Å². The molecule has 1 aliphatic rings. The molecule has 116 valence electrons. The van der Waals surface area contributed by atoms with Crippen LogP contribution in [0.1, 0.15) is 60.9 Å². The van der Waals surface area contributed by atoms with Gasteiger partial charge >= 0.3 is 0 Å². The second-order valence-corrected chi connectivity index (χ2v) is 6.41. The zero-order chi connectivity index (χ0) is 15.4. The number of nitrogens with one attached hydrogen (secondary N) is 2. The smallest absolute Gasteiger partial charge is 0.220 e. The quantitative estimate of drug-likeness (QED) is 0.756. The number of hydrogen-bond donors (Lipinski definition) is 2. The zero-order valence-electron chi connectivity index (χ0n) is 13.8. The first-order chi connectivity index (χ1) is 9.97. The van der Waals surface area contributed by atoms with E-state index in [1.807, 2.05) is 0 Å². The van der Waals surface area contributed by atoms with E-state index in [2.05, 4.69) is 50.5 Å². The molecule has 1 amide bonds. The molecule has 0 spiro atoms. The van der Waals surface area contributed by atoms with Crippen molar-refractivity contribution in [2.24, 2.45) is 0 Å². The minimum atomic E-state index is 0.203. The summed E-state index contributed by atoms with van der Waals surface area (Å²) in [6, 6.07) is 5.34. The highest BCUT2D eigenvalue weighted by atomic mass is 16.1. The Morgan fingerprint density at radius 1 is 1.19 bits per heavy atom. The summed E-state index contributed by atoms with van der Waals surface area (Å²) in [5.41, 5.74) is 5.39. The Hall–Kier alpha value is -1.35. The molecule has 0 aliphatic heterocycles. The Bertz CT molecular complexity index is 506. The predicted molar refractivity (Wildman–Crippen MR) is 87.5 cm³/mol. The van der Waals surface area contributed by atoms with Crippen LogP contribution in [-0.2, 0) is 4.79 Å². The summed E-state index contributed by atoms with van der Waals surface area (Å²) in [4.78, 5) is 11.6. The van der Waals surface area contributed by atoms with Crippen LogP contribution in [0, 0.1) is 20.8 Å². The van der Waals surface area contributed by atoms with Gasteiger partial charge in [-0.15, -0.1) is 0 Å². The highest BCUT2D eigenvalue weighted by Crippen LogP contribution is 2.21. The third kappa shape index (κ3) is 4.85. The van der Waals surface area contributed by atoms with Crippen LogP contribution in [0.2, 0.25) is 0 Å². The fourth-order valence-corrected chi connectivity index (χ4v) is 2.65. The van der Waals surface area contributed by atoms with E-state index in [4.69, 9.17) is 0 Å². The summed E-state index contributed by atoms with van der Waals surface area (Å²) < 4.78 is 0. The van der Waals surface area contributed by atoms with Crippen molar-refractivity contribution in [1.29, 1.82) is 0 Å². The summed E-state index contributed by atoms with van der Waals surface area (Å²) >= 11 is 0. The molecule has 3 heteroatoms. The second kappa shape index (κ2) is 7.08. The fraction of sp³-hybridized carbons (Fsp3) is 0.611. The minimum absolute atomic E-state index is 0.203. The summed E-state index contributed by atoms with van der Waals surface area (Å²) in [5.74, 6) is 0.203. The van der Waals surface area contributed by atoms with Crippen LogP contribution in [0.25, 0.3) is 0 Å². The number of carbonyl (C=O) groups excluding carboxylic acids is 1. The van der Waals surface area contributed by atoms with Crippen LogP contribution < -0.4 is 10.6 Å². The lowest BCUT2D eigenvalue weighted by atomic mass is 9.96. The van der Waals surface area contributed by atoms with Gasteiger partial charge in [0.05, 0.1) is 0 Å². The van der Waals surface area contributed by atoms with Crippen LogP contribution >= 0.6 is 0 Å². The van der Waals surface area contributed by atoms with Gasteiger partial charge in [-0.05, 0) is 75.8 Å². The monoisotopic (exact) mass is 288 g/mol. The largest absolute Gasteiger partial charge is 0.353 e. The number of benzene rings is 1. The Kier molecular flexibility index (Phi) is 5.40. The topological polar surface area (TPSA) is 41.1 Å². The number of rotatable bonds is 7. The van der Waals surface area contributed by atoms with Crippen molar-refractivity contribution < 1.29 is 4.79 Å². The molecule has 21 heavy (non-hydrogen) atoms. The maximum Gasteiger partial charge on any atom is 0.220 e. The summed E-state index contributed by atoms with van der Waals surface area (Å²) in [5, 5.41) is 6.56. The number of aryl methyl sites for hydroxylation is 3. The van der Waals surface area contributed by atoms with Gasteiger partial charge in [0.15, 0.2) is 0 Å². The number of amides is 1. The fourth-order valence-electron chi connectivity index (χ4n) is 2.65. The lowest BCUT2D eigenvalue weighted by Crippen LogP contribution is -2.27. The van der Waals surface area contributed by atoms with E-state index in [9.17, 15) is 4.79 Å². The Balaban J connectivity index is 1.74. The SMILES string of the molecule is Cc1cc(C)c(C(C)NCCCC(=O)NC2CC2)cc1C. The molecule has 1 saturated carbocycles. The number of carbonyl (C=O) groups is 1. The molecule has 1 aromatic carbocycles. The molecule has 3 nitrogen and oxygen atoms in total. The van der Waals surface area contributed by atoms with Crippen molar-refractivity contribution in [2.75, 3.05) is 6.54 Å². The standard InChI is InChI=1S/C18H28N2O/c1-12-10-14(3)17(11-13(12)2)15(4)19-9-5-6-18(21)20-16-7-8-16/h10-11,15-16,19H,5-9H2,1-4H3,(H,20,21). The molecule has 0 aromatic heterocycles. The molecule has 1 aromatic rings. The molecule has 0 radical (unpaired) electrons. The molecule has 1 atom stereocenters. The van der Waals surface area contributed by atoms with Crippen LogP contribution in [0.5, 0.6) is 0 Å². The molecule has 0 bridgehead atoms. The molecule has 1 unspecified atom stereocenters. The lowest BCUT2D eigenvalue weighted by Gasteiger charge is -2.18. The third-order valence-corrected chi connectivity index (χ3v) is 4.32. The first-order valence-electron chi connectivity index (χ1n) is 8.08. The molecule has 1 fully saturated rings. The highest BCUT2D eigenvalue weighted by Gasteiger charge is 2.22. The molecular weight excluding hydrogens is 260 g/mol. The van der Waals surface area contributed by atoms with Crippen molar-refractivity contribution in [3.05, 3.63) is 34.4 Å². The Morgan fingerprint density at radius 3 is 2.52 bits per heavy atom. The van der Waals surface area contributed by atoms with E-state index in [0.717, 1.165) is 25.8 Å². The first-order valence-corrected chi connectivity index (χ1v) is 8.08. The lowest BCUT2D eigenvalue weighted by molar-refractivity contribution is -0.121. The van der Waals surface area contributed by atoms with Crippen molar-refractivity contribution in [3.8, 4) is 0 Å².